The first-order valence-corrected chi connectivity index (χ1v) is 6.61. The minimum absolute atomic E-state index is 0.0315. The summed E-state index contributed by atoms with van der Waals surface area (Å²) in [6.45, 7) is 4.16. The van der Waals surface area contributed by atoms with E-state index in [1.54, 1.807) is 6.07 Å². The number of halogens is 1. The fraction of sp³-hybridized carbons (Fsp3) is 0.500. The number of aromatic nitrogens is 2. The van der Waals surface area contributed by atoms with E-state index in [1.807, 2.05) is 6.07 Å². The number of rotatable bonds is 2. The molecule has 2 N–H and O–H groups in total. The number of hydrogen-bond acceptors (Lipinski definition) is 2. The molecule has 2 heterocycles. The van der Waals surface area contributed by atoms with E-state index in [1.165, 1.54) is 6.07 Å². The van der Waals surface area contributed by atoms with Crippen LogP contribution in [0.5, 0.6) is 0 Å². The summed E-state index contributed by atoms with van der Waals surface area (Å²) < 4.78 is 13.7. The van der Waals surface area contributed by atoms with Crippen molar-refractivity contribution in [2.24, 2.45) is 0 Å². The zero-order chi connectivity index (χ0) is 12.6. The van der Waals surface area contributed by atoms with Gasteiger partial charge >= 0.3 is 0 Å². The lowest BCUT2D eigenvalue weighted by Gasteiger charge is -2.35. The van der Waals surface area contributed by atoms with Gasteiger partial charge in [0.1, 0.15) is 11.3 Å². The van der Waals surface area contributed by atoms with Gasteiger partial charge in [-0.05, 0) is 37.9 Å². The van der Waals surface area contributed by atoms with E-state index < -0.39 is 0 Å². The van der Waals surface area contributed by atoms with Gasteiger partial charge in [-0.3, -0.25) is 0 Å². The summed E-state index contributed by atoms with van der Waals surface area (Å²) in [6, 6.07) is 5.07. The van der Waals surface area contributed by atoms with E-state index in [9.17, 15) is 4.39 Å². The van der Waals surface area contributed by atoms with Gasteiger partial charge in [-0.1, -0.05) is 13.0 Å². The van der Waals surface area contributed by atoms with Crippen LogP contribution in [-0.2, 0) is 5.41 Å². The first kappa shape index (κ1) is 11.7. The first-order chi connectivity index (χ1) is 8.75. The van der Waals surface area contributed by atoms with Crippen LogP contribution in [0.25, 0.3) is 11.0 Å². The molecule has 0 amide bonds. The molecule has 0 saturated carbocycles. The Morgan fingerprint density at radius 3 is 3.00 bits per heavy atom. The maximum Gasteiger partial charge on any atom is 0.151 e. The van der Waals surface area contributed by atoms with Crippen molar-refractivity contribution < 1.29 is 4.39 Å². The minimum atomic E-state index is -0.245. The molecule has 2 aromatic rings. The van der Waals surface area contributed by atoms with Crippen LogP contribution in [-0.4, -0.2) is 23.1 Å². The van der Waals surface area contributed by atoms with Crippen LogP contribution in [0.1, 0.15) is 32.0 Å². The van der Waals surface area contributed by atoms with Gasteiger partial charge in [0.25, 0.3) is 0 Å². The standard InChI is InChI=1S/C14H18FN3/c1-2-14(7-4-8-16-9-14)13-17-11-6-3-5-10(15)12(11)18-13/h3,5-6,16H,2,4,7-9H2,1H3,(H,17,18). The van der Waals surface area contributed by atoms with Crippen molar-refractivity contribution >= 4 is 11.0 Å². The molecule has 1 unspecified atom stereocenters. The lowest BCUT2D eigenvalue weighted by molar-refractivity contribution is 0.290. The number of imidazole rings is 1. The van der Waals surface area contributed by atoms with E-state index in [4.69, 9.17) is 0 Å². The van der Waals surface area contributed by atoms with Crippen LogP contribution in [0.3, 0.4) is 0 Å². The predicted octanol–water partition coefficient (Wildman–Crippen LogP) is 2.73. The Morgan fingerprint density at radius 2 is 2.33 bits per heavy atom. The Morgan fingerprint density at radius 1 is 1.44 bits per heavy atom. The molecule has 3 nitrogen and oxygen atoms in total. The highest BCUT2D eigenvalue weighted by molar-refractivity contribution is 5.75. The number of benzene rings is 1. The summed E-state index contributed by atoms with van der Waals surface area (Å²) in [5.74, 6) is 0.683. The molecule has 0 aliphatic carbocycles. The van der Waals surface area contributed by atoms with Gasteiger partial charge in [0.2, 0.25) is 0 Å². The van der Waals surface area contributed by atoms with Crippen LogP contribution in [0.4, 0.5) is 4.39 Å². The lowest BCUT2D eigenvalue weighted by Crippen LogP contribution is -2.43. The van der Waals surface area contributed by atoms with Gasteiger partial charge in [-0.15, -0.1) is 0 Å². The molecule has 1 saturated heterocycles. The largest absolute Gasteiger partial charge is 0.341 e. The van der Waals surface area contributed by atoms with Crippen LogP contribution in [0, 0.1) is 5.82 Å². The van der Waals surface area contributed by atoms with Gasteiger partial charge < -0.3 is 10.3 Å². The average molecular weight is 247 g/mol. The highest BCUT2D eigenvalue weighted by Crippen LogP contribution is 2.34. The number of nitrogens with one attached hydrogen (secondary N) is 2. The second-order valence-electron chi connectivity index (χ2n) is 5.14. The highest BCUT2D eigenvalue weighted by atomic mass is 19.1. The van der Waals surface area contributed by atoms with Crippen LogP contribution in [0.15, 0.2) is 18.2 Å². The molecule has 1 aromatic carbocycles. The number of para-hydroxylation sites is 1. The Balaban J connectivity index is 2.09. The number of H-pyrrole nitrogens is 1. The van der Waals surface area contributed by atoms with Crippen LogP contribution in [0.2, 0.25) is 0 Å². The van der Waals surface area contributed by atoms with Crippen molar-refractivity contribution in [3.05, 3.63) is 29.8 Å². The molecule has 96 valence electrons. The van der Waals surface area contributed by atoms with Gasteiger partial charge in [0, 0.05) is 12.0 Å². The van der Waals surface area contributed by atoms with Crippen molar-refractivity contribution in [2.75, 3.05) is 13.1 Å². The second-order valence-corrected chi connectivity index (χ2v) is 5.14. The summed E-state index contributed by atoms with van der Waals surface area (Å²) in [5.41, 5.74) is 1.29. The number of nitrogens with zero attached hydrogens (tertiary/aromatic N) is 1. The average Bonchev–Trinajstić information content (AvgIpc) is 2.85. The van der Waals surface area contributed by atoms with Crippen molar-refractivity contribution in [1.82, 2.24) is 15.3 Å². The number of fused-ring (bicyclic) bond motifs is 1. The van der Waals surface area contributed by atoms with Crippen molar-refractivity contribution in [2.45, 2.75) is 31.6 Å². The summed E-state index contributed by atoms with van der Waals surface area (Å²) in [4.78, 5) is 7.82. The molecule has 1 aliphatic rings. The van der Waals surface area contributed by atoms with E-state index in [-0.39, 0.29) is 11.2 Å². The third-order valence-electron chi connectivity index (χ3n) is 4.11. The summed E-state index contributed by atoms with van der Waals surface area (Å²) >= 11 is 0. The molecule has 0 radical (unpaired) electrons. The minimum Gasteiger partial charge on any atom is -0.341 e. The van der Waals surface area contributed by atoms with E-state index >= 15 is 0 Å². The smallest absolute Gasteiger partial charge is 0.151 e. The summed E-state index contributed by atoms with van der Waals surface area (Å²) in [6.07, 6.45) is 3.27. The van der Waals surface area contributed by atoms with E-state index in [0.29, 0.717) is 5.52 Å². The zero-order valence-electron chi connectivity index (χ0n) is 10.6. The fourth-order valence-electron chi connectivity index (χ4n) is 2.89. The SMILES string of the molecule is CCC1(c2nc3c(F)cccc3[nH]2)CCCNC1. The number of piperidine rings is 1. The molecule has 18 heavy (non-hydrogen) atoms. The zero-order valence-corrected chi connectivity index (χ0v) is 10.6. The van der Waals surface area contributed by atoms with E-state index in [2.05, 4.69) is 22.2 Å². The van der Waals surface area contributed by atoms with Crippen LogP contribution < -0.4 is 5.32 Å². The van der Waals surface area contributed by atoms with Crippen molar-refractivity contribution in [3.8, 4) is 0 Å². The third kappa shape index (κ3) is 1.72. The normalized spacial score (nSPS) is 24.6. The summed E-state index contributed by atoms with van der Waals surface area (Å²) in [5, 5.41) is 3.43. The van der Waals surface area contributed by atoms with Gasteiger partial charge in [0.05, 0.1) is 5.52 Å². The van der Waals surface area contributed by atoms with Gasteiger partial charge in [-0.2, -0.15) is 0 Å². The van der Waals surface area contributed by atoms with Gasteiger partial charge in [-0.25, -0.2) is 9.37 Å². The van der Waals surface area contributed by atoms with Crippen molar-refractivity contribution in [3.63, 3.8) is 0 Å². The highest BCUT2D eigenvalue weighted by Gasteiger charge is 2.35. The van der Waals surface area contributed by atoms with Crippen LogP contribution >= 0.6 is 0 Å². The number of aromatic amines is 1. The van der Waals surface area contributed by atoms with Gasteiger partial charge in [0.15, 0.2) is 5.82 Å². The maximum absolute atomic E-state index is 13.7. The van der Waals surface area contributed by atoms with E-state index in [0.717, 1.165) is 43.7 Å². The Bertz CT molecular complexity index is 555. The molecule has 4 heteroatoms. The molecule has 1 aliphatic heterocycles. The molecule has 1 fully saturated rings. The monoisotopic (exact) mass is 247 g/mol. The quantitative estimate of drug-likeness (QED) is 0.856. The molecule has 1 aromatic heterocycles. The molecular weight excluding hydrogens is 229 g/mol. The molecule has 0 bridgehead atoms. The Hall–Kier alpha value is -1.42. The molecule has 1 atom stereocenters. The fourth-order valence-corrected chi connectivity index (χ4v) is 2.89. The Labute approximate surface area is 106 Å². The lowest BCUT2D eigenvalue weighted by atomic mass is 9.77. The molecular formula is C14H18FN3. The number of hydrogen-bond donors (Lipinski definition) is 2. The Kier molecular flexibility index (Phi) is 2.82. The molecule has 0 spiro atoms. The first-order valence-electron chi connectivity index (χ1n) is 6.61. The predicted molar refractivity (Wildman–Crippen MR) is 70.1 cm³/mol. The summed E-state index contributed by atoms with van der Waals surface area (Å²) in [7, 11) is 0. The van der Waals surface area contributed by atoms with Crippen molar-refractivity contribution in [1.29, 1.82) is 0 Å². The third-order valence-corrected chi connectivity index (χ3v) is 4.11. The topological polar surface area (TPSA) is 40.7 Å². The molecule has 3 rings (SSSR count). The maximum atomic E-state index is 13.7. The second kappa shape index (κ2) is 4.35.